The number of carbonyl (C=O) groups is 3. The maximum atomic E-state index is 14.1. The molecule has 1 heterocycles. The highest BCUT2D eigenvalue weighted by atomic mass is 35.5. The first kappa shape index (κ1) is 42.2. The Morgan fingerprint density at radius 2 is 1.19 bits per heavy atom. The molecule has 0 saturated carbocycles. The SMILES string of the molecule is CC(=O)CCC(=O)c1cc(Cl)ccc1OCc1c(F)cccc1F.Cc1ccc(-n2c(C)ccc2-c2cc(Cl)ccc2OCc2c(F)cccc2F)cc1C(=O)O. The minimum atomic E-state index is -1.01. The van der Waals surface area contributed by atoms with Crippen LogP contribution in [-0.2, 0) is 18.0 Å². The number of rotatable bonds is 13. The van der Waals surface area contributed by atoms with Crippen LogP contribution in [0.15, 0.2) is 103 Å². The molecule has 0 fully saturated rings. The van der Waals surface area contributed by atoms with E-state index in [9.17, 15) is 37.1 Å². The lowest BCUT2D eigenvalue weighted by atomic mass is 10.0. The molecule has 13 heteroatoms. The van der Waals surface area contributed by atoms with Gasteiger partial charge in [0.2, 0.25) is 0 Å². The average Bonchev–Trinajstić information content (AvgIpc) is 3.55. The molecule has 0 aliphatic rings. The highest BCUT2D eigenvalue weighted by Crippen LogP contribution is 2.37. The third-order valence-corrected chi connectivity index (χ3v) is 9.29. The number of Topliss-reactive ketones (excluding diaryl/α,β-unsaturated/α-hetero) is 2. The summed E-state index contributed by atoms with van der Waals surface area (Å²) in [6.07, 6.45) is 0.118. The Balaban J connectivity index is 0.000000230. The van der Waals surface area contributed by atoms with Crippen molar-refractivity contribution in [2.24, 2.45) is 0 Å². The van der Waals surface area contributed by atoms with Gasteiger partial charge >= 0.3 is 5.97 Å². The number of benzene rings is 5. The number of carbonyl (C=O) groups excluding carboxylic acids is 2. The predicted molar refractivity (Wildman–Crippen MR) is 210 cm³/mol. The van der Waals surface area contributed by atoms with Gasteiger partial charge in [-0.1, -0.05) is 41.4 Å². The van der Waals surface area contributed by atoms with E-state index in [1.807, 2.05) is 29.7 Å². The normalized spacial score (nSPS) is 10.8. The maximum Gasteiger partial charge on any atom is 0.336 e. The summed E-state index contributed by atoms with van der Waals surface area (Å²) in [6.45, 7) is 4.35. The van der Waals surface area contributed by atoms with Gasteiger partial charge in [0, 0.05) is 39.8 Å². The smallest absolute Gasteiger partial charge is 0.336 e. The molecule has 57 heavy (non-hydrogen) atoms. The summed E-state index contributed by atoms with van der Waals surface area (Å²) in [6, 6.07) is 25.4. The van der Waals surface area contributed by atoms with Gasteiger partial charge in [-0.3, -0.25) is 4.79 Å². The average molecular weight is 821 g/mol. The number of aryl methyl sites for hydroxylation is 2. The molecule has 1 N–H and O–H groups in total. The first-order valence-electron chi connectivity index (χ1n) is 17.4. The fourth-order valence-corrected chi connectivity index (χ4v) is 6.15. The van der Waals surface area contributed by atoms with Gasteiger partial charge in [-0.15, -0.1) is 0 Å². The van der Waals surface area contributed by atoms with Gasteiger partial charge < -0.3 is 23.9 Å². The zero-order valence-corrected chi connectivity index (χ0v) is 32.4. The lowest BCUT2D eigenvalue weighted by Gasteiger charge is -2.17. The first-order valence-corrected chi connectivity index (χ1v) is 18.2. The van der Waals surface area contributed by atoms with E-state index in [0.717, 1.165) is 17.8 Å². The van der Waals surface area contributed by atoms with E-state index in [1.165, 1.54) is 49.4 Å². The summed E-state index contributed by atoms with van der Waals surface area (Å²) in [4.78, 5) is 34.9. The Morgan fingerprint density at radius 1 is 0.649 bits per heavy atom. The Hall–Kier alpha value is -5.91. The summed E-state index contributed by atoms with van der Waals surface area (Å²) in [5.74, 6) is -3.74. The van der Waals surface area contributed by atoms with Crippen LogP contribution >= 0.6 is 23.2 Å². The number of nitrogens with zero attached hydrogens (tertiary/aromatic N) is 1. The molecule has 6 rings (SSSR count). The summed E-state index contributed by atoms with van der Waals surface area (Å²) in [7, 11) is 0. The minimum absolute atomic E-state index is 0.0140. The van der Waals surface area contributed by atoms with Crippen LogP contribution in [0.3, 0.4) is 0 Å². The minimum Gasteiger partial charge on any atom is -0.488 e. The van der Waals surface area contributed by atoms with E-state index < -0.39 is 29.2 Å². The second-order valence-electron chi connectivity index (χ2n) is 12.9. The number of ketones is 2. The molecule has 294 valence electrons. The number of ether oxygens (including phenoxy) is 2. The van der Waals surface area contributed by atoms with Gasteiger partial charge in [0.25, 0.3) is 0 Å². The molecule has 0 unspecified atom stereocenters. The van der Waals surface area contributed by atoms with Gasteiger partial charge in [-0.05, 0) is 111 Å². The topological polar surface area (TPSA) is 94.8 Å². The summed E-state index contributed by atoms with van der Waals surface area (Å²) < 4.78 is 68.6. The molecule has 5 aromatic carbocycles. The molecule has 0 aliphatic carbocycles. The van der Waals surface area contributed by atoms with Crippen LogP contribution in [0, 0.1) is 37.1 Å². The van der Waals surface area contributed by atoms with E-state index in [4.69, 9.17) is 32.7 Å². The second kappa shape index (κ2) is 18.8. The van der Waals surface area contributed by atoms with E-state index >= 15 is 0 Å². The Labute approximate surface area is 336 Å². The number of hydrogen-bond donors (Lipinski definition) is 1. The Bertz CT molecular complexity index is 2430. The molecular weight excluding hydrogens is 785 g/mol. The van der Waals surface area contributed by atoms with Gasteiger partial charge in [0.1, 0.15) is 53.8 Å². The maximum absolute atomic E-state index is 14.1. The lowest BCUT2D eigenvalue weighted by Crippen LogP contribution is -2.07. The first-order chi connectivity index (χ1) is 27.1. The van der Waals surface area contributed by atoms with Crippen molar-refractivity contribution in [3.63, 3.8) is 0 Å². The van der Waals surface area contributed by atoms with Gasteiger partial charge in [0.05, 0.1) is 27.9 Å². The highest BCUT2D eigenvalue weighted by molar-refractivity contribution is 6.31. The number of carboxylic acid groups (broad SMARTS) is 1. The molecule has 0 spiro atoms. The zero-order valence-electron chi connectivity index (χ0n) is 30.8. The quantitative estimate of drug-likeness (QED) is 0.0921. The van der Waals surface area contributed by atoms with Crippen molar-refractivity contribution in [3.8, 4) is 28.4 Å². The zero-order chi connectivity index (χ0) is 41.4. The van der Waals surface area contributed by atoms with Crippen LogP contribution < -0.4 is 9.47 Å². The Kier molecular flexibility index (Phi) is 13.9. The van der Waals surface area contributed by atoms with Crippen molar-refractivity contribution in [1.29, 1.82) is 0 Å². The van der Waals surface area contributed by atoms with Crippen molar-refractivity contribution in [1.82, 2.24) is 4.57 Å². The molecule has 0 amide bonds. The number of halogens is 6. The van der Waals surface area contributed by atoms with E-state index in [1.54, 1.807) is 37.3 Å². The van der Waals surface area contributed by atoms with Crippen LogP contribution in [0.1, 0.15) is 62.9 Å². The molecule has 0 radical (unpaired) electrons. The van der Waals surface area contributed by atoms with E-state index in [2.05, 4.69) is 0 Å². The Morgan fingerprint density at radius 3 is 1.75 bits per heavy atom. The van der Waals surface area contributed by atoms with Gasteiger partial charge in [-0.25, -0.2) is 22.4 Å². The third-order valence-electron chi connectivity index (χ3n) is 8.82. The standard InChI is InChI=1S/C26H20ClF2NO3.C18H15ClF2O3/c1-15-6-9-18(13-19(15)26(31)32)30-16(2)7-10-24(30)20-12-17(27)8-11-25(20)33-14-21-22(28)4-3-5-23(21)29;1-11(22)5-7-17(23)13-9-12(19)6-8-18(13)24-10-14-15(20)3-2-4-16(14)21/h3-13H,14H2,1-2H3,(H,31,32);2-4,6,8-9H,5,7,10H2,1H3. The molecule has 1 aromatic heterocycles. The number of aromatic nitrogens is 1. The van der Waals surface area contributed by atoms with E-state index in [-0.39, 0.29) is 65.6 Å². The van der Waals surface area contributed by atoms with Crippen molar-refractivity contribution >= 4 is 40.7 Å². The van der Waals surface area contributed by atoms with Crippen molar-refractivity contribution in [3.05, 3.63) is 170 Å². The second-order valence-corrected chi connectivity index (χ2v) is 13.8. The van der Waals surface area contributed by atoms with Gasteiger partial charge in [0.15, 0.2) is 5.78 Å². The van der Waals surface area contributed by atoms with Crippen LogP contribution in [0.25, 0.3) is 16.9 Å². The molecule has 0 atom stereocenters. The lowest BCUT2D eigenvalue weighted by molar-refractivity contribution is -0.117. The fraction of sp³-hybridized carbons (Fsp3) is 0.159. The monoisotopic (exact) mass is 819 g/mol. The van der Waals surface area contributed by atoms with Gasteiger partial charge in [-0.2, -0.15) is 0 Å². The van der Waals surface area contributed by atoms with Crippen LogP contribution in [0.4, 0.5) is 17.6 Å². The van der Waals surface area contributed by atoms with Crippen molar-refractivity contribution in [2.45, 2.75) is 46.8 Å². The molecule has 0 aliphatic heterocycles. The molecule has 0 bridgehead atoms. The molecule has 7 nitrogen and oxygen atoms in total. The summed E-state index contributed by atoms with van der Waals surface area (Å²) >= 11 is 12.2. The summed E-state index contributed by atoms with van der Waals surface area (Å²) in [5, 5.41) is 10.3. The number of aromatic carboxylic acids is 1. The van der Waals surface area contributed by atoms with Crippen molar-refractivity contribution < 1.29 is 46.5 Å². The van der Waals surface area contributed by atoms with Crippen LogP contribution in [0.5, 0.6) is 11.5 Å². The van der Waals surface area contributed by atoms with Crippen LogP contribution in [0.2, 0.25) is 10.0 Å². The van der Waals surface area contributed by atoms with Crippen LogP contribution in [-0.4, -0.2) is 27.2 Å². The molecule has 0 saturated heterocycles. The predicted octanol–water partition coefficient (Wildman–Crippen LogP) is 11.7. The molecular formula is C44H35Cl2F4NO6. The third kappa shape index (κ3) is 10.5. The van der Waals surface area contributed by atoms with Crippen molar-refractivity contribution in [2.75, 3.05) is 0 Å². The molecule has 6 aromatic rings. The van der Waals surface area contributed by atoms with E-state index in [0.29, 0.717) is 38.3 Å². The number of carboxylic acids is 1. The fourth-order valence-electron chi connectivity index (χ4n) is 5.81. The summed E-state index contributed by atoms with van der Waals surface area (Å²) in [5.41, 5.74) is 3.44. The largest absolute Gasteiger partial charge is 0.488 e. The number of hydrogen-bond acceptors (Lipinski definition) is 5. The highest BCUT2D eigenvalue weighted by Gasteiger charge is 2.19.